The third-order valence-corrected chi connectivity index (χ3v) is 4.22. The van der Waals surface area contributed by atoms with Crippen LogP contribution in [0.5, 0.6) is 5.75 Å². The molecule has 0 fully saturated rings. The Labute approximate surface area is 121 Å². The molecule has 0 bridgehead atoms. The molecule has 1 heterocycles. The molecule has 0 aliphatic rings. The van der Waals surface area contributed by atoms with Gasteiger partial charge in [-0.2, -0.15) is 5.10 Å². The van der Waals surface area contributed by atoms with Crippen LogP contribution in [0.4, 0.5) is 0 Å². The van der Waals surface area contributed by atoms with Crippen LogP contribution in [0.15, 0.2) is 28.9 Å². The number of methoxy groups -OCH3 is 1. The maximum atomic E-state index is 10.6. The Balaban J connectivity index is 2.52. The molecule has 1 N–H and O–H groups in total. The fraction of sp³-hybridized carbons (Fsp3) is 0.357. The van der Waals surface area contributed by atoms with E-state index in [0.717, 1.165) is 15.6 Å². The third kappa shape index (κ3) is 2.53. The van der Waals surface area contributed by atoms with Gasteiger partial charge < -0.3 is 9.84 Å². The van der Waals surface area contributed by atoms with E-state index in [0.29, 0.717) is 18.0 Å². The van der Waals surface area contributed by atoms with Crippen molar-refractivity contribution in [1.82, 2.24) is 9.78 Å². The first kappa shape index (κ1) is 14.1. The second-order valence-electron chi connectivity index (χ2n) is 4.29. The van der Waals surface area contributed by atoms with E-state index >= 15 is 0 Å². The van der Waals surface area contributed by atoms with Gasteiger partial charge >= 0.3 is 0 Å². The number of ether oxygens (including phenoxy) is 1. The zero-order valence-electron chi connectivity index (χ0n) is 11.2. The van der Waals surface area contributed by atoms with E-state index in [4.69, 9.17) is 4.74 Å². The van der Waals surface area contributed by atoms with Crippen LogP contribution in [0.2, 0.25) is 0 Å². The Morgan fingerprint density at radius 3 is 2.84 bits per heavy atom. The summed E-state index contributed by atoms with van der Waals surface area (Å²) in [5, 5.41) is 14.9. The Morgan fingerprint density at radius 1 is 1.47 bits per heavy atom. The molecule has 19 heavy (non-hydrogen) atoms. The average molecular weight is 325 g/mol. The fourth-order valence-electron chi connectivity index (χ4n) is 2.09. The normalized spacial score (nSPS) is 12.5. The average Bonchev–Trinajstić information content (AvgIpc) is 2.84. The van der Waals surface area contributed by atoms with Crippen molar-refractivity contribution < 1.29 is 9.84 Å². The maximum Gasteiger partial charge on any atom is 0.163 e. The lowest BCUT2D eigenvalue weighted by Crippen LogP contribution is -2.11. The number of aliphatic hydroxyl groups excluding tert-OH is 1. The van der Waals surface area contributed by atoms with Crippen molar-refractivity contribution in [2.45, 2.75) is 26.5 Å². The van der Waals surface area contributed by atoms with Crippen LogP contribution in [0.25, 0.3) is 0 Å². The number of nitrogens with zero attached hydrogens (tertiary/aromatic N) is 2. The topological polar surface area (TPSA) is 47.3 Å². The van der Waals surface area contributed by atoms with Gasteiger partial charge in [-0.15, -0.1) is 0 Å². The minimum Gasteiger partial charge on any atom is -0.493 e. The van der Waals surface area contributed by atoms with Crippen molar-refractivity contribution in [2.24, 2.45) is 0 Å². The number of hydrogen-bond donors (Lipinski definition) is 1. The Morgan fingerprint density at radius 2 is 2.21 bits per heavy atom. The molecular formula is C14H17BrN2O2. The highest BCUT2D eigenvalue weighted by atomic mass is 79.9. The lowest BCUT2D eigenvalue weighted by Gasteiger charge is -2.16. The minimum absolute atomic E-state index is 0.600. The molecule has 1 aromatic carbocycles. The molecule has 2 aromatic rings. The number of aliphatic hydroxyl groups is 1. The lowest BCUT2D eigenvalue weighted by molar-refractivity contribution is 0.202. The maximum absolute atomic E-state index is 10.6. The first-order valence-electron chi connectivity index (χ1n) is 6.12. The predicted octanol–water partition coefficient (Wildman–Crippen LogP) is 3.06. The van der Waals surface area contributed by atoms with E-state index in [1.165, 1.54) is 0 Å². The van der Waals surface area contributed by atoms with Gasteiger partial charge in [0.1, 0.15) is 11.8 Å². The largest absolute Gasteiger partial charge is 0.493 e. The van der Waals surface area contributed by atoms with Gasteiger partial charge in [0.15, 0.2) is 5.75 Å². The van der Waals surface area contributed by atoms with Gasteiger partial charge in [0, 0.05) is 16.6 Å². The van der Waals surface area contributed by atoms with E-state index in [2.05, 4.69) is 21.0 Å². The van der Waals surface area contributed by atoms with Gasteiger partial charge in [0.05, 0.1) is 13.3 Å². The highest BCUT2D eigenvalue weighted by Crippen LogP contribution is 2.34. The standard InChI is InChI=1S/C14H17BrN2O2/c1-4-17-13(11(19-3)8-16-17)14(18)10-7-5-6-9(2)12(10)15/h5-8,14,18H,4H2,1-3H3. The second kappa shape index (κ2) is 5.75. The molecule has 0 aliphatic heterocycles. The SMILES string of the molecule is CCn1ncc(OC)c1C(O)c1cccc(C)c1Br. The third-order valence-electron chi connectivity index (χ3n) is 3.14. The Bertz CT molecular complexity index is 559. The van der Waals surface area contributed by atoms with Gasteiger partial charge in [0.2, 0.25) is 0 Å². The minimum atomic E-state index is -0.772. The van der Waals surface area contributed by atoms with Gasteiger partial charge in [0.25, 0.3) is 0 Å². The highest BCUT2D eigenvalue weighted by Gasteiger charge is 2.23. The quantitative estimate of drug-likeness (QED) is 0.940. The van der Waals surface area contributed by atoms with E-state index < -0.39 is 6.10 Å². The van der Waals surface area contributed by atoms with Crippen LogP contribution in [-0.4, -0.2) is 22.0 Å². The van der Waals surface area contributed by atoms with Crippen molar-refractivity contribution in [1.29, 1.82) is 0 Å². The summed E-state index contributed by atoms with van der Waals surface area (Å²) in [6.45, 7) is 4.65. The lowest BCUT2D eigenvalue weighted by atomic mass is 10.0. The van der Waals surface area contributed by atoms with Crippen LogP contribution in [0.3, 0.4) is 0 Å². The van der Waals surface area contributed by atoms with Gasteiger partial charge in [-0.05, 0) is 19.4 Å². The van der Waals surface area contributed by atoms with Crippen molar-refractivity contribution in [3.8, 4) is 5.75 Å². The molecule has 1 unspecified atom stereocenters. The first-order valence-corrected chi connectivity index (χ1v) is 6.92. The Kier molecular flexibility index (Phi) is 4.27. The molecule has 0 radical (unpaired) electrons. The van der Waals surface area contributed by atoms with Gasteiger partial charge in [-0.25, -0.2) is 0 Å². The van der Waals surface area contributed by atoms with E-state index in [1.54, 1.807) is 18.0 Å². The predicted molar refractivity (Wildman–Crippen MR) is 77.4 cm³/mol. The van der Waals surface area contributed by atoms with Crippen molar-refractivity contribution in [3.63, 3.8) is 0 Å². The summed E-state index contributed by atoms with van der Waals surface area (Å²) in [5.41, 5.74) is 2.57. The molecule has 1 atom stereocenters. The highest BCUT2D eigenvalue weighted by molar-refractivity contribution is 9.10. The van der Waals surface area contributed by atoms with Gasteiger partial charge in [-0.1, -0.05) is 34.1 Å². The van der Waals surface area contributed by atoms with Gasteiger partial charge in [-0.3, -0.25) is 4.68 Å². The molecule has 0 saturated carbocycles. The first-order chi connectivity index (χ1) is 9.10. The summed E-state index contributed by atoms with van der Waals surface area (Å²) < 4.78 is 7.94. The number of aromatic nitrogens is 2. The van der Waals surface area contributed by atoms with E-state index in [1.807, 2.05) is 32.0 Å². The summed E-state index contributed by atoms with van der Waals surface area (Å²) in [7, 11) is 1.58. The number of halogens is 1. The number of hydrogen-bond acceptors (Lipinski definition) is 3. The van der Waals surface area contributed by atoms with Crippen LogP contribution in [0, 0.1) is 6.92 Å². The van der Waals surface area contributed by atoms with Crippen LogP contribution < -0.4 is 4.74 Å². The van der Waals surface area contributed by atoms with E-state index in [9.17, 15) is 5.11 Å². The van der Waals surface area contributed by atoms with Crippen LogP contribution in [0.1, 0.15) is 29.8 Å². The van der Waals surface area contributed by atoms with E-state index in [-0.39, 0.29) is 0 Å². The molecule has 0 saturated heterocycles. The molecule has 0 amide bonds. The molecule has 0 aliphatic carbocycles. The smallest absolute Gasteiger partial charge is 0.163 e. The van der Waals surface area contributed by atoms with Crippen molar-refractivity contribution in [2.75, 3.05) is 7.11 Å². The summed E-state index contributed by atoms with van der Waals surface area (Å²) in [5.74, 6) is 0.600. The molecule has 0 spiro atoms. The summed E-state index contributed by atoms with van der Waals surface area (Å²) in [4.78, 5) is 0. The number of rotatable bonds is 4. The second-order valence-corrected chi connectivity index (χ2v) is 5.09. The Hall–Kier alpha value is -1.33. The summed E-state index contributed by atoms with van der Waals surface area (Å²) in [6, 6.07) is 5.82. The van der Waals surface area contributed by atoms with Crippen molar-refractivity contribution >= 4 is 15.9 Å². The fourth-order valence-corrected chi connectivity index (χ4v) is 2.57. The summed E-state index contributed by atoms with van der Waals surface area (Å²) in [6.07, 6.45) is 0.859. The number of aryl methyl sites for hydroxylation is 2. The molecular weight excluding hydrogens is 308 g/mol. The zero-order chi connectivity index (χ0) is 14.0. The molecule has 1 aromatic heterocycles. The summed E-state index contributed by atoms with van der Waals surface area (Å²) >= 11 is 3.53. The zero-order valence-corrected chi connectivity index (χ0v) is 12.8. The molecule has 4 nitrogen and oxygen atoms in total. The number of benzene rings is 1. The monoisotopic (exact) mass is 324 g/mol. The van der Waals surface area contributed by atoms with Crippen LogP contribution in [-0.2, 0) is 6.54 Å². The van der Waals surface area contributed by atoms with Crippen LogP contribution >= 0.6 is 15.9 Å². The molecule has 102 valence electrons. The van der Waals surface area contributed by atoms with Crippen molar-refractivity contribution in [3.05, 3.63) is 45.7 Å². The molecule has 5 heteroatoms. The molecule has 2 rings (SSSR count).